The first-order valence-electron chi connectivity index (χ1n) is 11.3. The van der Waals surface area contributed by atoms with Crippen LogP contribution in [0.15, 0.2) is 48.5 Å². The van der Waals surface area contributed by atoms with E-state index >= 15 is 0 Å². The minimum absolute atomic E-state index is 0.0206. The maximum Gasteiger partial charge on any atom is 0.415 e. The van der Waals surface area contributed by atoms with Crippen molar-refractivity contribution in [3.8, 4) is 0 Å². The predicted octanol–water partition coefficient (Wildman–Crippen LogP) is 3.93. The average Bonchev–Trinajstić information content (AvgIpc) is 3.37. The zero-order chi connectivity index (χ0) is 23.1. The maximum absolute atomic E-state index is 13.8. The largest absolute Gasteiger partial charge is 0.439 e. The monoisotopic (exact) mass is 456 g/mol. The predicted molar refractivity (Wildman–Crippen MR) is 117 cm³/mol. The van der Waals surface area contributed by atoms with Gasteiger partial charge >= 0.3 is 6.09 Å². The topological polar surface area (TPSA) is 59.1 Å². The van der Waals surface area contributed by atoms with Crippen LogP contribution in [0.1, 0.15) is 24.8 Å². The summed E-state index contributed by atoms with van der Waals surface area (Å²) in [4.78, 5) is 29.6. The Kier molecular flexibility index (Phi) is 5.56. The molecule has 174 valence electrons. The van der Waals surface area contributed by atoms with Crippen LogP contribution in [0.3, 0.4) is 0 Å². The van der Waals surface area contributed by atoms with Gasteiger partial charge in [-0.2, -0.15) is 0 Å². The maximum atomic E-state index is 13.8. The van der Waals surface area contributed by atoms with Gasteiger partial charge in [-0.15, -0.1) is 0 Å². The highest BCUT2D eigenvalue weighted by atomic mass is 19.1. The summed E-state index contributed by atoms with van der Waals surface area (Å²) in [5.74, 6) is -0.711. The number of amides is 2. The third-order valence-corrected chi connectivity index (χ3v) is 7.05. The summed E-state index contributed by atoms with van der Waals surface area (Å²) in [5, 5.41) is 0. The lowest BCUT2D eigenvalue weighted by Crippen LogP contribution is -2.49. The number of hydrogen-bond donors (Lipinski definition) is 0. The summed E-state index contributed by atoms with van der Waals surface area (Å²) in [6, 6.07) is 12.1. The number of carbonyl (C=O) groups is 2. The van der Waals surface area contributed by atoms with Crippen molar-refractivity contribution in [2.75, 3.05) is 37.7 Å². The molecule has 6 nitrogen and oxygen atoms in total. The fourth-order valence-corrected chi connectivity index (χ4v) is 5.25. The van der Waals surface area contributed by atoms with Gasteiger partial charge in [-0.3, -0.25) is 9.69 Å². The lowest BCUT2D eigenvalue weighted by Gasteiger charge is -2.39. The fourth-order valence-electron chi connectivity index (χ4n) is 5.25. The number of carbonyl (C=O) groups excluding carboxylic acids is 2. The number of anilines is 1. The minimum atomic E-state index is -0.804. The Morgan fingerprint density at radius 1 is 0.970 bits per heavy atom. The molecule has 0 bridgehead atoms. The molecule has 1 spiro atoms. The molecule has 2 amide bonds. The van der Waals surface area contributed by atoms with Gasteiger partial charge in [0.2, 0.25) is 5.91 Å². The molecule has 33 heavy (non-hydrogen) atoms. The molecule has 8 heteroatoms. The smallest absolute Gasteiger partial charge is 0.415 e. The molecule has 5 rings (SSSR count). The average molecular weight is 456 g/mol. The SMILES string of the molecule is O=C1O[C@@]2(CCN(C(=O)C3(Cc4ccc(F)cc4)CCOCC3)C2)CN1c1cccc(F)c1. The number of halogens is 2. The Balaban J connectivity index is 1.33. The fraction of sp³-hybridized carbons (Fsp3) is 0.440. The molecule has 0 saturated carbocycles. The highest BCUT2D eigenvalue weighted by Crippen LogP contribution is 2.41. The van der Waals surface area contributed by atoms with E-state index in [1.807, 2.05) is 0 Å². The van der Waals surface area contributed by atoms with Crippen LogP contribution in [0.2, 0.25) is 0 Å². The van der Waals surface area contributed by atoms with Crippen LogP contribution in [0.4, 0.5) is 19.3 Å². The Morgan fingerprint density at radius 3 is 2.45 bits per heavy atom. The van der Waals surface area contributed by atoms with Gasteiger partial charge in [-0.25, -0.2) is 13.6 Å². The minimum Gasteiger partial charge on any atom is -0.439 e. The second-order valence-electron chi connectivity index (χ2n) is 9.29. The summed E-state index contributed by atoms with van der Waals surface area (Å²) in [7, 11) is 0. The summed E-state index contributed by atoms with van der Waals surface area (Å²) in [5.41, 5.74) is -0.0858. The van der Waals surface area contributed by atoms with E-state index in [0.717, 1.165) is 5.56 Å². The van der Waals surface area contributed by atoms with E-state index < -0.39 is 22.9 Å². The molecule has 0 unspecified atom stereocenters. The molecular weight excluding hydrogens is 430 g/mol. The molecule has 2 aromatic carbocycles. The molecule has 3 aliphatic heterocycles. The van der Waals surface area contributed by atoms with E-state index in [-0.39, 0.29) is 18.3 Å². The number of ether oxygens (including phenoxy) is 2. The van der Waals surface area contributed by atoms with Gasteiger partial charge in [0.25, 0.3) is 0 Å². The zero-order valence-corrected chi connectivity index (χ0v) is 18.3. The van der Waals surface area contributed by atoms with E-state index in [1.54, 1.807) is 29.2 Å². The van der Waals surface area contributed by atoms with Crippen molar-refractivity contribution < 1.29 is 27.8 Å². The van der Waals surface area contributed by atoms with Gasteiger partial charge in [-0.05, 0) is 55.2 Å². The first kappa shape index (κ1) is 21.8. The Hall–Kier alpha value is -3.00. The van der Waals surface area contributed by atoms with Gasteiger partial charge in [0.15, 0.2) is 5.60 Å². The molecular formula is C25H26F2N2O4. The highest BCUT2D eigenvalue weighted by molar-refractivity contribution is 5.91. The van der Waals surface area contributed by atoms with Crippen molar-refractivity contribution in [3.05, 3.63) is 65.7 Å². The Bertz CT molecular complexity index is 1050. The van der Waals surface area contributed by atoms with E-state index in [9.17, 15) is 18.4 Å². The number of hydrogen-bond acceptors (Lipinski definition) is 4. The van der Waals surface area contributed by atoms with E-state index in [2.05, 4.69) is 0 Å². The van der Waals surface area contributed by atoms with E-state index in [0.29, 0.717) is 57.7 Å². The summed E-state index contributed by atoms with van der Waals surface area (Å²) in [6.07, 6.45) is 1.68. The number of nitrogens with zero attached hydrogens (tertiary/aromatic N) is 2. The number of rotatable bonds is 4. The first-order valence-corrected chi connectivity index (χ1v) is 11.3. The standard InChI is InChI=1S/C25H26F2N2O4/c26-19-6-4-18(5-7-19)15-24(9-12-32-13-10-24)22(30)28-11-8-25(16-28)17-29(23(31)33-25)21-3-1-2-20(27)14-21/h1-7,14H,8-13,15-17H2/t25-/m1/s1. The van der Waals surface area contributed by atoms with Crippen molar-refractivity contribution in [3.63, 3.8) is 0 Å². The van der Waals surface area contributed by atoms with Crippen molar-refractivity contribution in [2.24, 2.45) is 5.41 Å². The van der Waals surface area contributed by atoms with Crippen LogP contribution < -0.4 is 4.90 Å². The van der Waals surface area contributed by atoms with Gasteiger partial charge < -0.3 is 14.4 Å². The molecule has 0 aliphatic carbocycles. The van der Waals surface area contributed by atoms with Crippen molar-refractivity contribution >= 4 is 17.7 Å². The first-order chi connectivity index (χ1) is 15.9. The van der Waals surface area contributed by atoms with Gasteiger partial charge in [0, 0.05) is 26.2 Å². The molecule has 2 aromatic rings. The summed E-state index contributed by atoms with van der Waals surface area (Å²) in [6.45, 7) is 2.04. The van der Waals surface area contributed by atoms with E-state index in [4.69, 9.17) is 9.47 Å². The highest BCUT2D eigenvalue weighted by Gasteiger charge is 2.53. The van der Waals surface area contributed by atoms with Crippen LogP contribution in [0.5, 0.6) is 0 Å². The van der Waals surface area contributed by atoms with Crippen molar-refractivity contribution in [2.45, 2.75) is 31.3 Å². The number of likely N-dealkylation sites (tertiary alicyclic amines) is 1. The molecule has 3 saturated heterocycles. The third-order valence-electron chi connectivity index (χ3n) is 7.05. The second-order valence-corrected chi connectivity index (χ2v) is 9.29. The molecule has 0 N–H and O–H groups in total. The Labute approximate surface area is 191 Å². The normalized spacial score (nSPS) is 24.4. The number of benzene rings is 2. The van der Waals surface area contributed by atoms with Gasteiger partial charge in [-0.1, -0.05) is 18.2 Å². The van der Waals surface area contributed by atoms with E-state index in [1.165, 1.54) is 29.2 Å². The molecule has 1 atom stereocenters. The van der Waals surface area contributed by atoms with Gasteiger partial charge in [0.1, 0.15) is 11.6 Å². The van der Waals surface area contributed by atoms with Crippen LogP contribution in [-0.4, -0.2) is 55.3 Å². The van der Waals surface area contributed by atoms with Crippen LogP contribution in [0, 0.1) is 17.0 Å². The third kappa shape index (κ3) is 4.19. The summed E-state index contributed by atoms with van der Waals surface area (Å²) < 4.78 is 38.3. The zero-order valence-electron chi connectivity index (χ0n) is 18.3. The molecule has 0 radical (unpaired) electrons. The lowest BCUT2D eigenvalue weighted by atomic mass is 9.74. The molecule has 3 fully saturated rings. The van der Waals surface area contributed by atoms with Gasteiger partial charge in [0.05, 0.1) is 24.2 Å². The second kappa shape index (κ2) is 8.41. The molecule has 3 heterocycles. The van der Waals surface area contributed by atoms with Crippen LogP contribution in [0.25, 0.3) is 0 Å². The molecule has 3 aliphatic rings. The quantitative estimate of drug-likeness (QED) is 0.700. The van der Waals surface area contributed by atoms with Crippen molar-refractivity contribution in [1.82, 2.24) is 4.90 Å². The molecule has 0 aromatic heterocycles. The van der Waals surface area contributed by atoms with Crippen LogP contribution in [-0.2, 0) is 20.7 Å². The van der Waals surface area contributed by atoms with Crippen LogP contribution >= 0.6 is 0 Å². The van der Waals surface area contributed by atoms with Crippen molar-refractivity contribution in [1.29, 1.82) is 0 Å². The lowest BCUT2D eigenvalue weighted by molar-refractivity contribution is -0.147. The summed E-state index contributed by atoms with van der Waals surface area (Å²) >= 11 is 0. The Morgan fingerprint density at radius 2 is 1.73 bits per heavy atom.